The van der Waals surface area contributed by atoms with Gasteiger partial charge in [-0.1, -0.05) is 32.9 Å². The van der Waals surface area contributed by atoms with Crippen LogP contribution in [-0.2, 0) is 0 Å². The molecule has 1 aromatic rings. The summed E-state index contributed by atoms with van der Waals surface area (Å²) in [5.41, 5.74) is 2.72. The first-order chi connectivity index (χ1) is 9.19. The first-order valence-electron chi connectivity index (χ1n) is 7.78. The van der Waals surface area contributed by atoms with Crippen LogP contribution in [0.4, 0.5) is 5.69 Å². The Morgan fingerprint density at radius 2 is 2.11 bits per heavy atom. The Balaban J connectivity index is 1.95. The van der Waals surface area contributed by atoms with E-state index >= 15 is 0 Å². The highest BCUT2D eigenvalue weighted by Crippen LogP contribution is 2.21. The maximum absolute atomic E-state index is 3.73. The van der Waals surface area contributed by atoms with Gasteiger partial charge in [-0.3, -0.25) is 0 Å². The Morgan fingerprint density at radius 3 is 2.84 bits per heavy atom. The van der Waals surface area contributed by atoms with Gasteiger partial charge in [0, 0.05) is 18.3 Å². The van der Waals surface area contributed by atoms with E-state index in [-0.39, 0.29) is 0 Å². The molecule has 19 heavy (non-hydrogen) atoms. The molecule has 0 saturated carbocycles. The summed E-state index contributed by atoms with van der Waals surface area (Å²) in [7, 11) is 0. The van der Waals surface area contributed by atoms with Crippen LogP contribution in [0.15, 0.2) is 24.3 Å². The summed E-state index contributed by atoms with van der Waals surface area (Å²) < 4.78 is 0. The normalized spacial score (nSPS) is 21.4. The Labute approximate surface area is 118 Å². The van der Waals surface area contributed by atoms with Crippen LogP contribution in [0, 0.1) is 0 Å². The van der Waals surface area contributed by atoms with Crippen molar-refractivity contribution in [3.63, 3.8) is 0 Å². The number of likely N-dealkylation sites (tertiary alicyclic amines) is 1. The van der Waals surface area contributed by atoms with E-state index in [9.17, 15) is 0 Å². The highest BCUT2D eigenvalue weighted by atomic mass is 15.1. The van der Waals surface area contributed by atoms with E-state index in [0.29, 0.717) is 12.0 Å². The van der Waals surface area contributed by atoms with Gasteiger partial charge in [0.05, 0.1) is 0 Å². The summed E-state index contributed by atoms with van der Waals surface area (Å²) in [6, 6.07) is 9.55. The van der Waals surface area contributed by atoms with Crippen LogP contribution < -0.4 is 5.32 Å². The van der Waals surface area contributed by atoms with Crippen molar-refractivity contribution in [1.29, 1.82) is 0 Å². The van der Waals surface area contributed by atoms with E-state index < -0.39 is 0 Å². The zero-order chi connectivity index (χ0) is 13.7. The highest BCUT2D eigenvalue weighted by Gasteiger charge is 2.15. The average Bonchev–Trinajstić information content (AvgIpc) is 2.64. The van der Waals surface area contributed by atoms with Gasteiger partial charge in [0.15, 0.2) is 0 Å². The molecule has 0 aliphatic carbocycles. The predicted molar refractivity (Wildman–Crippen MR) is 83.9 cm³/mol. The van der Waals surface area contributed by atoms with Gasteiger partial charge in [0.25, 0.3) is 0 Å². The molecule has 1 atom stereocenters. The van der Waals surface area contributed by atoms with Crippen molar-refractivity contribution >= 4 is 5.69 Å². The summed E-state index contributed by atoms with van der Waals surface area (Å²) in [6.45, 7) is 10.5. The van der Waals surface area contributed by atoms with Crippen molar-refractivity contribution in [3.8, 4) is 0 Å². The van der Waals surface area contributed by atoms with Gasteiger partial charge in [-0.15, -0.1) is 0 Å². The van der Waals surface area contributed by atoms with E-state index in [1.165, 1.54) is 50.1 Å². The minimum atomic E-state index is 0.603. The molecule has 1 fully saturated rings. The molecule has 0 radical (unpaired) electrons. The molecule has 0 aromatic heterocycles. The number of anilines is 1. The van der Waals surface area contributed by atoms with E-state index in [4.69, 9.17) is 0 Å². The minimum Gasteiger partial charge on any atom is -0.382 e. The number of hydrogen-bond donors (Lipinski definition) is 1. The Bertz CT molecular complexity index is 387. The van der Waals surface area contributed by atoms with Crippen molar-refractivity contribution in [3.05, 3.63) is 29.8 Å². The molecule has 0 amide bonds. The van der Waals surface area contributed by atoms with Gasteiger partial charge in [-0.2, -0.15) is 0 Å². The van der Waals surface area contributed by atoms with Gasteiger partial charge in [0.1, 0.15) is 0 Å². The molecule has 106 valence electrons. The maximum atomic E-state index is 3.73. The Morgan fingerprint density at radius 1 is 1.26 bits per heavy atom. The molecule has 0 spiro atoms. The molecule has 2 rings (SSSR count). The third kappa shape index (κ3) is 4.24. The second-order valence-electron chi connectivity index (χ2n) is 5.99. The van der Waals surface area contributed by atoms with Crippen LogP contribution in [0.2, 0.25) is 0 Å². The van der Waals surface area contributed by atoms with Crippen LogP contribution in [-0.4, -0.2) is 30.6 Å². The van der Waals surface area contributed by atoms with Crippen molar-refractivity contribution < 1.29 is 0 Å². The number of rotatable bonds is 4. The van der Waals surface area contributed by atoms with Gasteiger partial charge in [-0.05, 0) is 56.0 Å². The molecule has 1 aliphatic heterocycles. The molecular formula is C17H28N2. The van der Waals surface area contributed by atoms with Crippen molar-refractivity contribution in [2.24, 2.45) is 0 Å². The summed E-state index contributed by atoms with van der Waals surface area (Å²) in [4.78, 5) is 2.56. The molecular weight excluding hydrogens is 232 g/mol. The number of nitrogens with one attached hydrogen (secondary N) is 1. The lowest BCUT2D eigenvalue weighted by molar-refractivity contribution is 0.300. The number of benzene rings is 1. The van der Waals surface area contributed by atoms with Gasteiger partial charge in [-0.25, -0.2) is 0 Å². The van der Waals surface area contributed by atoms with Crippen LogP contribution >= 0.6 is 0 Å². The van der Waals surface area contributed by atoms with Crippen LogP contribution in [0.1, 0.15) is 51.5 Å². The molecule has 1 aliphatic rings. The first kappa shape index (κ1) is 14.4. The number of nitrogens with zero attached hydrogens (tertiary/aromatic N) is 1. The first-order valence-corrected chi connectivity index (χ1v) is 7.78. The summed E-state index contributed by atoms with van der Waals surface area (Å²) in [6.07, 6.45) is 3.87. The number of hydrogen-bond acceptors (Lipinski definition) is 2. The fourth-order valence-electron chi connectivity index (χ4n) is 2.84. The van der Waals surface area contributed by atoms with Crippen LogP contribution in [0.5, 0.6) is 0 Å². The lowest BCUT2D eigenvalue weighted by Gasteiger charge is -2.20. The molecule has 1 heterocycles. The highest BCUT2D eigenvalue weighted by molar-refractivity contribution is 5.47. The largest absolute Gasteiger partial charge is 0.382 e. The fourth-order valence-corrected chi connectivity index (χ4v) is 2.84. The average molecular weight is 260 g/mol. The predicted octanol–water partition coefficient (Wildman–Crippen LogP) is 4.10. The lowest BCUT2D eigenvalue weighted by atomic mass is 10.0. The van der Waals surface area contributed by atoms with Crippen LogP contribution in [0.25, 0.3) is 0 Å². The zero-order valence-corrected chi connectivity index (χ0v) is 12.7. The van der Waals surface area contributed by atoms with E-state index in [1.54, 1.807) is 0 Å². The molecule has 1 saturated heterocycles. The van der Waals surface area contributed by atoms with E-state index in [1.807, 2.05) is 0 Å². The zero-order valence-electron chi connectivity index (χ0n) is 12.7. The van der Waals surface area contributed by atoms with Gasteiger partial charge >= 0.3 is 0 Å². The topological polar surface area (TPSA) is 15.3 Å². The smallest absolute Gasteiger partial charge is 0.0345 e. The maximum Gasteiger partial charge on any atom is 0.0345 e. The van der Waals surface area contributed by atoms with Crippen LogP contribution in [0.3, 0.4) is 0 Å². The van der Waals surface area contributed by atoms with Gasteiger partial charge < -0.3 is 10.2 Å². The summed E-state index contributed by atoms with van der Waals surface area (Å²) in [5, 5.41) is 3.73. The minimum absolute atomic E-state index is 0.603. The second kappa shape index (κ2) is 6.95. The monoisotopic (exact) mass is 260 g/mol. The summed E-state index contributed by atoms with van der Waals surface area (Å²) >= 11 is 0. The second-order valence-corrected chi connectivity index (χ2v) is 5.99. The fraction of sp³-hybridized carbons (Fsp3) is 0.647. The SMILES string of the molecule is CCN1CCCC(Nc2cccc(C(C)C)c2)CC1. The third-order valence-corrected chi connectivity index (χ3v) is 4.19. The molecule has 1 unspecified atom stereocenters. The Kier molecular flexibility index (Phi) is 5.26. The standard InChI is InChI=1S/C17H28N2/c1-4-19-11-6-9-16(10-12-19)18-17-8-5-7-15(13-17)14(2)3/h5,7-8,13-14,16,18H,4,6,9-12H2,1-3H3. The molecule has 0 bridgehead atoms. The lowest BCUT2D eigenvalue weighted by Crippen LogP contribution is -2.26. The van der Waals surface area contributed by atoms with Crippen molar-refractivity contribution in [2.75, 3.05) is 25.0 Å². The quantitative estimate of drug-likeness (QED) is 0.877. The third-order valence-electron chi connectivity index (χ3n) is 4.19. The van der Waals surface area contributed by atoms with E-state index in [2.05, 4.69) is 55.3 Å². The molecule has 1 N–H and O–H groups in total. The molecule has 2 nitrogen and oxygen atoms in total. The van der Waals surface area contributed by atoms with E-state index in [0.717, 1.165) is 0 Å². The van der Waals surface area contributed by atoms with Crippen molar-refractivity contribution in [2.45, 2.75) is 52.0 Å². The Hall–Kier alpha value is -1.02. The summed E-state index contributed by atoms with van der Waals surface area (Å²) in [5.74, 6) is 0.603. The molecule has 2 heteroatoms. The molecule has 1 aromatic carbocycles. The van der Waals surface area contributed by atoms with Gasteiger partial charge in [0.2, 0.25) is 0 Å². The van der Waals surface area contributed by atoms with Crippen molar-refractivity contribution in [1.82, 2.24) is 4.90 Å².